The van der Waals surface area contributed by atoms with E-state index in [4.69, 9.17) is 23.2 Å². The molecule has 0 aromatic heterocycles. The Morgan fingerprint density at radius 2 is 1.74 bits per heavy atom. The van der Waals surface area contributed by atoms with Gasteiger partial charge in [0.15, 0.2) is 0 Å². The maximum absolute atomic E-state index is 12.1. The second-order valence-electron chi connectivity index (χ2n) is 4.93. The monoisotopic (exact) mass is 342 g/mol. The second-order valence-corrected chi connectivity index (χ2v) is 5.77. The first-order chi connectivity index (χ1) is 11.1. The van der Waals surface area contributed by atoms with E-state index < -0.39 is 0 Å². The van der Waals surface area contributed by atoms with E-state index in [9.17, 15) is 4.79 Å². The van der Waals surface area contributed by atoms with Gasteiger partial charge in [-0.1, -0.05) is 59.6 Å². The highest BCUT2D eigenvalue weighted by atomic mass is 35.5. The standard InChI is InChI=1S/C18H12Cl2N2O/c19-16-8-7-15(17(20)10-16)11-21-22-18(23)14-6-5-12-3-1-2-4-13(12)9-14/h1-11H,(H,22,23)/b21-11+. The van der Waals surface area contributed by atoms with Crippen molar-refractivity contribution in [1.82, 2.24) is 5.43 Å². The molecule has 5 heteroatoms. The molecule has 0 fully saturated rings. The molecule has 0 radical (unpaired) electrons. The van der Waals surface area contributed by atoms with Crippen LogP contribution in [-0.4, -0.2) is 12.1 Å². The van der Waals surface area contributed by atoms with Gasteiger partial charge in [-0.2, -0.15) is 5.10 Å². The van der Waals surface area contributed by atoms with Crippen molar-refractivity contribution in [1.29, 1.82) is 0 Å². The molecule has 0 aliphatic heterocycles. The molecule has 3 rings (SSSR count). The van der Waals surface area contributed by atoms with Crippen LogP contribution >= 0.6 is 23.2 Å². The Balaban J connectivity index is 1.74. The first-order valence-corrected chi connectivity index (χ1v) is 7.66. The van der Waals surface area contributed by atoms with E-state index in [1.807, 2.05) is 36.4 Å². The molecule has 0 saturated carbocycles. The second kappa shape index (κ2) is 6.82. The number of carbonyl (C=O) groups is 1. The molecule has 3 aromatic carbocycles. The molecule has 1 amide bonds. The molecular formula is C18H12Cl2N2O. The fraction of sp³-hybridized carbons (Fsp3) is 0. The zero-order valence-electron chi connectivity index (χ0n) is 12.0. The van der Waals surface area contributed by atoms with Crippen molar-refractivity contribution in [3.05, 3.63) is 81.8 Å². The van der Waals surface area contributed by atoms with Crippen molar-refractivity contribution < 1.29 is 4.79 Å². The first kappa shape index (κ1) is 15.5. The number of carbonyl (C=O) groups excluding carboxylic acids is 1. The topological polar surface area (TPSA) is 41.5 Å². The quantitative estimate of drug-likeness (QED) is 0.533. The zero-order valence-corrected chi connectivity index (χ0v) is 13.5. The lowest BCUT2D eigenvalue weighted by molar-refractivity contribution is 0.0955. The van der Waals surface area contributed by atoms with E-state index in [2.05, 4.69) is 10.5 Å². The van der Waals surface area contributed by atoms with Crippen LogP contribution in [0.1, 0.15) is 15.9 Å². The Labute approximate surface area is 143 Å². The third-order valence-corrected chi connectivity index (χ3v) is 3.91. The third kappa shape index (κ3) is 3.70. The largest absolute Gasteiger partial charge is 0.271 e. The summed E-state index contributed by atoms with van der Waals surface area (Å²) in [5.74, 6) is -0.280. The Bertz CT molecular complexity index is 906. The van der Waals surface area contributed by atoms with Crippen LogP contribution in [-0.2, 0) is 0 Å². The van der Waals surface area contributed by atoms with Crippen molar-refractivity contribution >= 4 is 46.1 Å². The molecule has 3 aromatic rings. The Kier molecular flexibility index (Phi) is 4.60. The lowest BCUT2D eigenvalue weighted by Crippen LogP contribution is -2.17. The van der Waals surface area contributed by atoms with Gasteiger partial charge in [0, 0.05) is 16.1 Å². The van der Waals surface area contributed by atoms with E-state index in [0.717, 1.165) is 10.8 Å². The highest BCUT2D eigenvalue weighted by molar-refractivity contribution is 6.36. The summed E-state index contributed by atoms with van der Waals surface area (Å²) < 4.78 is 0. The van der Waals surface area contributed by atoms with Gasteiger partial charge in [0.2, 0.25) is 0 Å². The molecule has 114 valence electrons. The Morgan fingerprint density at radius 3 is 2.52 bits per heavy atom. The predicted molar refractivity (Wildman–Crippen MR) is 95.5 cm³/mol. The number of hydrazone groups is 1. The van der Waals surface area contributed by atoms with Crippen molar-refractivity contribution in [3.8, 4) is 0 Å². The summed E-state index contributed by atoms with van der Waals surface area (Å²) in [5.41, 5.74) is 3.71. The van der Waals surface area contributed by atoms with Crippen LogP contribution in [0.3, 0.4) is 0 Å². The summed E-state index contributed by atoms with van der Waals surface area (Å²) in [6.07, 6.45) is 1.48. The van der Waals surface area contributed by atoms with Crippen LogP contribution in [0.5, 0.6) is 0 Å². The van der Waals surface area contributed by atoms with Crippen LogP contribution < -0.4 is 5.43 Å². The van der Waals surface area contributed by atoms with E-state index in [1.54, 1.807) is 24.3 Å². The van der Waals surface area contributed by atoms with Gasteiger partial charge in [-0.25, -0.2) is 5.43 Å². The van der Waals surface area contributed by atoms with E-state index in [0.29, 0.717) is 21.2 Å². The molecule has 23 heavy (non-hydrogen) atoms. The van der Waals surface area contributed by atoms with Gasteiger partial charge in [-0.05, 0) is 35.0 Å². The number of hydrogen-bond donors (Lipinski definition) is 1. The minimum absolute atomic E-state index is 0.280. The number of benzene rings is 3. The molecule has 0 aliphatic rings. The molecule has 3 nitrogen and oxygen atoms in total. The summed E-state index contributed by atoms with van der Waals surface area (Å²) in [7, 11) is 0. The van der Waals surface area contributed by atoms with Crippen LogP contribution in [0.4, 0.5) is 0 Å². The molecule has 0 saturated heterocycles. The van der Waals surface area contributed by atoms with Gasteiger partial charge in [-0.3, -0.25) is 4.79 Å². The van der Waals surface area contributed by atoms with Crippen molar-refractivity contribution in [2.75, 3.05) is 0 Å². The van der Waals surface area contributed by atoms with Crippen LogP contribution in [0, 0.1) is 0 Å². The van der Waals surface area contributed by atoms with Gasteiger partial charge < -0.3 is 0 Å². The zero-order chi connectivity index (χ0) is 16.2. The maximum Gasteiger partial charge on any atom is 0.271 e. The van der Waals surface area contributed by atoms with E-state index in [-0.39, 0.29) is 5.91 Å². The number of nitrogens with one attached hydrogen (secondary N) is 1. The number of amides is 1. The predicted octanol–water partition coefficient (Wildman–Crippen LogP) is 4.91. The minimum atomic E-state index is -0.280. The molecule has 0 aliphatic carbocycles. The summed E-state index contributed by atoms with van der Waals surface area (Å²) in [6, 6.07) is 18.4. The van der Waals surface area contributed by atoms with Crippen LogP contribution in [0.15, 0.2) is 65.8 Å². The molecule has 0 spiro atoms. The molecule has 0 bridgehead atoms. The molecular weight excluding hydrogens is 331 g/mol. The normalized spacial score (nSPS) is 11.0. The lowest BCUT2D eigenvalue weighted by atomic mass is 10.1. The molecule has 0 unspecified atom stereocenters. The lowest BCUT2D eigenvalue weighted by Gasteiger charge is -2.03. The smallest absolute Gasteiger partial charge is 0.267 e. The summed E-state index contributed by atoms with van der Waals surface area (Å²) in [4.78, 5) is 12.1. The first-order valence-electron chi connectivity index (χ1n) is 6.91. The number of rotatable bonds is 3. The average molecular weight is 343 g/mol. The van der Waals surface area contributed by atoms with Gasteiger partial charge in [0.1, 0.15) is 0 Å². The van der Waals surface area contributed by atoms with Gasteiger partial charge in [0.25, 0.3) is 5.91 Å². The Morgan fingerprint density at radius 1 is 0.957 bits per heavy atom. The number of fused-ring (bicyclic) bond motifs is 1. The number of halogens is 2. The van der Waals surface area contributed by atoms with Gasteiger partial charge >= 0.3 is 0 Å². The number of nitrogens with zero attached hydrogens (tertiary/aromatic N) is 1. The highest BCUT2D eigenvalue weighted by Crippen LogP contribution is 2.19. The molecule has 0 atom stereocenters. The van der Waals surface area contributed by atoms with Crippen LogP contribution in [0.25, 0.3) is 10.8 Å². The maximum atomic E-state index is 12.1. The third-order valence-electron chi connectivity index (χ3n) is 3.34. The molecule has 1 N–H and O–H groups in total. The van der Waals surface area contributed by atoms with E-state index >= 15 is 0 Å². The fourth-order valence-electron chi connectivity index (χ4n) is 2.16. The average Bonchev–Trinajstić information content (AvgIpc) is 2.56. The van der Waals surface area contributed by atoms with Crippen molar-refractivity contribution in [3.63, 3.8) is 0 Å². The summed E-state index contributed by atoms with van der Waals surface area (Å²) >= 11 is 11.9. The van der Waals surface area contributed by atoms with Gasteiger partial charge in [0.05, 0.1) is 11.2 Å². The minimum Gasteiger partial charge on any atom is -0.267 e. The fourth-order valence-corrected chi connectivity index (χ4v) is 2.62. The Hall–Kier alpha value is -2.36. The summed E-state index contributed by atoms with van der Waals surface area (Å²) in [6.45, 7) is 0. The SMILES string of the molecule is O=C(N/N=C/c1ccc(Cl)cc1Cl)c1ccc2ccccc2c1. The number of hydrogen-bond acceptors (Lipinski definition) is 2. The van der Waals surface area contributed by atoms with E-state index in [1.165, 1.54) is 6.21 Å². The van der Waals surface area contributed by atoms with Crippen molar-refractivity contribution in [2.45, 2.75) is 0 Å². The highest BCUT2D eigenvalue weighted by Gasteiger charge is 2.05. The molecule has 0 heterocycles. The van der Waals surface area contributed by atoms with Gasteiger partial charge in [-0.15, -0.1) is 0 Å². The van der Waals surface area contributed by atoms with Crippen molar-refractivity contribution in [2.24, 2.45) is 5.10 Å². The van der Waals surface area contributed by atoms with Crippen LogP contribution in [0.2, 0.25) is 10.0 Å². The summed E-state index contributed by atoms with van der Waals surface area (Å²) in [5, 5.41) is 7.05.